The van der Waals surface area contributed by atoms with Crippen LogP contribution in [0.4, 0.5) is 4.79 Å². The zero-order valence-electron chi connectivity index (χ0n) is 25.3. The lowest BCUT2D eigenvalue weighted by Crippen LogP contribution is -2.45. The zero-order valence-corrected chi connectivity index (χ0v) is 26.9. The summed E-state index contributed by atoms with van der Waals surface area (Å²) in [5, 5.41) is 4.04. The van der Waals surface area contributed by atoms with Gasteiger partial charge in [0.15, 0.2) is 3.95 Å². The molecule has 0 aliphatic carbocycles. The second-order valence-corrected chi connectivity index (χ2v) is 13.9. The first-order chi connectivity index (χ1) is 21.2. The van der Waals surface area contributed by atoms with Crippen molar-refractivity contribution in [2.75, 3.05) is 13.1 Å². The molecule has 2 aromatic heterocycles. The topological polar surface area (TPSA) is 65.8 Å². The number of carbonyl (C=O) groups excluding carboxylic acids is 1. The van der Waals surface area contributed by atoms with Gasteiger partial charge in [0.05, 0.1) is 29.5 Å². The molecule has 3 aromatic carbocycles. The molecule has 1 saturated heterocycles. The van der Waals surface area contributed by atoms with Crippen LogP contribution in [0.2, 0.25) is 0 Å². The molecule has 0 saturated carbocycles. The summed E-state index contributed by atoms with van der Waals surface area (Å²) in [4.78, 5) is 22.8. The minimum Gasteiger partial charge on any atom is -0.427 e. The molecule has 7 nitrogen and oxygen atoms in total. The van der Waals surface area contributed by atoms with E-state index in [0.717, 1.165) is 40.2 Å². The molecule has 0 bridgehead atoms. The second kappa shape index (κ2) is 13.2. The van der Waals surface area contributed by atoms with Gasteiger partial charge in [0.2, 0.25) is 0 Å². The Bertz CT molecular complexity index is 1810. The van der Waals surface area contributed by atoms with E-state index in [1.807, 2.05) is 45.2 Å². The smallest absolute Gasteiger partial charge is 0.427 e. The Morgan fingerprint density at radius 2 is 1.82 bits per heavy atom. The van der Waals surface area contributed by atoms with E-state index in [1.54, 1.807) is 16.4 Å². The maximum atomic E-state index is 12.4. The quantitative estimate of drug-likeness (QED) is 0.126. The van der Waals surface area contributed by atoms with Crippen LogP contribution in [0.15, 0.2) is 85.1 Å². The molecule has 0 spiro atoms. The van der Waals surface area contributed by atoms with Gasteiger partial charge in [-0.25, -0.2) is 4.79 Å². The van der Waals surface area contributed by atoms with Crippen LogP contribution in [0.1, 0.15) is 49.9 Å². The summed E-state index contributed by atoms with van der Waals surface area (Å²) >= 11 is 7.28. The van der Waals surface area contributed by atoms with Crippen molar-refractivity contribution in [1.82, 2.24) is 14.6 Å². The Morgan fingerprint density at radius 3 is 2.61 bits per heavy atom. The fourth-order valence-electron chi connectivity index (χ4n) is 5.68. The minimum absolute atomic E-state index is 0.102. The number of hydroxylamine groups is 2. The molecule has 5 aromatic rings. The summed E-state index contributed by atoms with van der Waals surface area (Å²) in [5.74, 6) is 0.102. The van der Waals surface area contributed by atoms with Crippen LogP contribution in [0, 0.1) is 3.95 Å². The predicted molar refractivity (Wildman–Crippen MR) is 177 cm³/mol. The normalized spacial score (nSPS) is 17.6. The van der Waals surface area contributed by atoms with E-state index in [-0.39, 0.29) is 12.0 Å². The van der Waals surface area contributed by atoms with Crippen molar-refractivity contribution in [3.63, 3.8) is 0 Å². The number of thiazole rings is 1. The van der Waals surface area contributed by atoms with Gasteiger partial charge in [-0.05, 0) is 85.6 Å². The summed E-state index contributed by atoms with van der Waals surface area (Å²) in [6, 6.07) is 27.3. The summed E-state index contributed by atoms with van der Waals surface area (Å²) in [7, 11) is 0. The number of nitrogens with zero attached hydrogens (tertiary/aromatic N) is 3. The number of piperidine rings is 1. The van der Waals surface area contributed by atoms with Crippen molar-refractivity contribution in [3.8, 4) is 0 Å². The van der Waals surface area contributed by atoms with Crippen molar-refractivity contribution >= 4 is 50.7 Å². The van der Waals surface area contributed by atoms with Gasteiger partial charge < -0.3 is 18.9 Å². The van der Waals surface area contributed by atoms with Gasteiger partial charge in [-0.15, -0.1) is 16.4 Å². The molecule has 6 rings (SSSR count). The molecule has 0 amide bonds. The molecule has 0 radical (unpaired) electrons. The van der Waals surface area contributed by atoms with E-state index in [9.17, 15) is 4.79 Å². The van der Waals surface area contributed by atoms with Gasteiger partial charge in [-0.3, -0.25) is 4.98 Å². The van der Waals surface area contributed by atoms with Crippen LogP contribution in [0.5, 0.6) is 0 Å². The van der Waals surface area contributed by atoms with Gasteiger partial charge in [0.25, 0.3) is 0 Å². The van der Waals surface area contributed by atoms with Crippen molar-refractivity contribution < 1.29 is 19.1 Å². The number of para-hydroxylation sites is 1. The van der Waals surface area contributed by atoms with E-state index in [1.165, 1.54) is 21.0 Å². The summed E-state index contributed by atoms with van der Waals surface area (Å²) in [6.45, 7) is 7.71. The van der Waals surface area contributed by atoms with Crippen molar-refractivity contribution in [1.29, 1.82) is 0 Å². The zero-order chi connectivity index (χ0) is 30.7. The maximum Gasteiger partial charge on any atom is 0.528 e. The van der Waals surface area contributed by atoms with Crippen molar-refractivity contribution in [3.05, 3.63) is 106 Å². The lowest BCUT2D eigenvalue weighted by Gasteiger charge is -2.37. The number of carbonyl (C=O) groups is 1. The highest BCUT2D eigenvalue weighted by Gasteiger charge is 2.34. The first-order valence-corrected chi connectivity index (χ1v) is 16.2. The van der Waals surface area contributed by atoms with Crippen LogP contribution in [-0.4, -0.2) is 45.6 Å². The Hall–Kier alpha value is -3.63. The van der Waals surface area contributed by atoms with Gasteiger partial charge in [0.1, 0.15) is 5.60 Å². The SMILES string of the molecule is CC(C)(C)OC(=O)ON1CCC(c2ccc(CCn3c(=S)sc4ccccc43)nc2)C(OCc2ccc3ccccc3c2)C1. The van der Waals surface area contributed by atoms with Crippen LogP contribution in [0.25, 0.3) is 21.0 Å². The third-order valence-electron chi connectivity index (χ3n) is 7.83. The number of hydrogen-bond acceptors (Lipinski definition) is 8. The summed E-state index contributed by atoms with van der Waals surface area (Å²) in [5.41, 5.74) is 3.78. The van der Waals surface area contributed by atoms with E-state index in [0.29, 0.717) is 19.7 Å². The Labute approximate surface area is 267 Å². The van der Waals surface area contributed by atoms with E-state index >= 15 is 0 Å². The number of ether oxygens (including phenoxy) is 2. The molecule has 228 valence electrons. The number of aromatic nitrogens is 2. The number of pyridine rings is 1. The lowest BCUT2D eigenvalue weighted by molar-refractivity contribution is -0.179. The highest BCUT2D eigenvalue weighted by atomic mass is 32.1. The van der Waals surface area contributed by atoms with Crippen LogP contribution in [-0.2, 0) is 33.9 Å². The first kappa shape index (κ1) is 30.4. The Balaban J connectivity index is 1.15. The van der Waals surface area contributed by atoms with Gasteiger partial charge in [-0.2, -0.15) is 0 Å². The minimum atomic E-state index is -0.700. The molecule has 1 fully saturated rings. The second-order valence-electron chi connectivity index (χ2n) is 12.2. The highest BCUT2D eigenvalue weighted by Crippen LogP contribution is 2.32. The van der Waals surface area contributed by atoms with Crippen molar-refractivity contribution in [2.45, 2.75) is 64.4 Å². The van der Waals surface area contributed by atoms with Gasteiger partial charge in [0, 0.05) is 37.3 Å². The summed E-state index contributed by atoms with van der Waals surface area (Å²) < 4.78 is 16.2. The van der Waals surface area contributed by atoms with Crippen LogP contribution >= 0.6 is 23.6 Å². The number of rotatable bonds is 8. The molecular weight excluding hydrogens is 591 g/mol. The highest BCUT2D eigenvalue weighted by molar-refractivity contribution is 7.73. The largest absolute Gasteiger partial charge is 0.528 e. The van der Waals surface area contributed by atoms with Gasteiger partial charge in [-0.1, -0.05) is 54.6 Å². The number of hydrogen-bond donors (Lipinski definition) is 0. The fourth-order valence-corrected chi connectivity index (χ4v) is 7.06. The molecule has 0 N–H and O–H groups in total. The molecule has 9 heteroatoms. The van der Waals surface area contributed by atoms with Crippen LogP contribution in [0.3, 0.4) is 0 Å². The predicted octanol–water partition coefficient (Wildman–Crippen LogP) is 8.46. The molecule has 2 atom stereocenters. The fraction of sp³-hybridized carbons (Fsp3) is 0.343. The maximum absolute atomic E-state index is 12.4. The lowest BCUT2D eigenvalue weighted by atomic mass is 9.88. The number of aryl methyl sites for hydroxylation is 2. The van der Waals surface area contributed by atoms with Crippen molar-refractivity contribution in [2.24, 2.45) is 0 Å². The monoisotopic (exact) mass is 627 g/mol. The molecular formula is C35H37N3O4S2. The molecule has 44 heavy (non-hydrogen) atoms. The third-order valence-corrected chi connectivity index (χ3v) is 9.26. The molecule has 3 heterocycles. The molecule has 1 aliphatic rings. The average Bonchev–Trinajstić information content (AvgIpc) is 3.33. The van der Waals surface area contributed by atoms with E-state index in [2.05, 4.69) is 65.2 Å². The third kappa shape index (κ3) is 7.35. The van der Waals surface area contributed by atoms with Gasteiger partial charge >= 0.3 is 6.16 Å². The average molecular weight is 628 g/mol. The number of fused-ring (bicyclic) bond motifs is 2. The van der Waals surface area contributed by atoms with E-state index in [4.69, 9.17) is 31.5 Å². The molecule has 2 unspecified atom stereocenters. The Morgan fingerprint density at radius 1 is 1.02 bits per heavy atom. The Kier molecular flexibility index (Phi) is 9.09. The summed E-state index contributed by atoms with van der Waals surface area (Å²) in [6.07, 6.45) is 2.61. The van der Waals surface area contributed by atoms with Crippen LogP contribution < -0.4 is 0 Å². The number of benzene rings is 3. The first-order valence-electron chi connectivity index (χ1n) is 15.0. The standard InChI is InChI=1S/C35H37N3O4S2/c1-35(2,3)41-34(39)42-37-18-17-29(31(22-37)40-23-24-12-13-25-8-4-5-9-26(25)20-24)27-14-15-28(36-21-27)16-19-38-30-10-6-7-11-32(30)44-33(38)43/h4-15,20-21,29,31H,16-19,22-23H2,1-3H3. The van der Waals surface area contributed by atoms with E-state index < -0.39 is 11.8 Å². The molecule has 1 aliphatic heterocycles.